The van der Waals surface area contributed by atoms with Crippen molar-refractivity contribution in [1.29, 1.82) is 0 Å². The van der Waals surface area contributed by atoms with E-state index in [4.69, 9.17) is 19.1 Å². The van der Waals surface area contributed by atoms with Crippen LogP contribution in [0.25, 0.3) is 0 Å². The van der Waals surface area contributed by atoms with Crippen molar-refractivity contribution in [1.82, 2.24) is 9.80 Å². The molecular weight excluding hydrogens is 689 g/mol. The maximum atomic E-state index is 13.8. The quantitative estimate of drug-likeness (QED) is 0.357. The lowest BCUT2D eigenvalue weighted by atomic mass is 9.71. The molecule has 4 bridgehead atoms. The Morgan fingerprint density at radius 2 is 0.860 bits per heavy atom. The molecule has 0 aromatic heterocycles. The first kappa shape index (κ1) is 30.7. The SMILES string of the molecule is CS(=O)c1ccc(C2=NOC3C4OC(C23)C2C(=O)N(CCN3C(=O)C5C6OC(C7C(c8ccc(S(C)=O)cc8)=NOC67)C5C3=O)C(=O)C42)cc1. The van der Waals surface area contributed by atoms with Gasteiger partial charge in [-0.25, -0.2) is 0 Å². The number of rotatable bonds is 7. The normalized spacial score (nSPS) is 39.6. The van der Waals surface area contributed by atoms with E-state index in [0.29, 0.717) is 21.2 Å². The lowest BCUT2D eigenvalue weighted by molar-refractivity contribution is -0.148. The second kappa shape index (κ2) is 10.7. The van der Waals surface area contributed by atoms with Crippen molar-refractivity contribution >= 4 is 56.7 Å². The molecule has 14 nitrogen and oxygen atoms in total. The van der Waals surface area contributed by atoms with E-state index in [1.54, 1.807) is 36.8 Å². The molecule has 50 heavy (non-hydrogen) atoms. The Kier molecular flexibility index (Phi) is 6.56. The third kappa shape index (κ3) is 3.95. The predicted octanol–water partition coefficient (Wildman–Crippen LogP) is 0.0642. The molecule has 258 valence electrons. The number of ether oxygens (including phenoxy) is 2. The highest BCUT2D eigenvalue weighted by Gasteiger charge is 2.74. The fraction of sp³-hybridized carbons (Fsp3) is 0.471. The third-order valence-corrected chi connectivity index (χ3v) is 13.6. The molecule has 6 saturated heterocycles. The molecule has 16 heteroatoms. The Labute approximate surface area is 290 Å². The van der Waals surface area contributed by atoms with E-state index in [9.17, 15) is 27.6 Å². The number of nitrogens with zero attached hydrogens (tertiary/aromatic N) is 4. The summed E-state index contributed by atoms with van der Waals surface area (Å²) in [5.74, 6) is -5.20. The maximum Gasteiger partial charge on any atom is 0.236 e. The molecule has 0 N–H and O–H groups in total. The zero-order valence-corrected chi connectivity index (χ0v) is 28.3. The average molecular weight is 719 g/mol. The summed E-state index contributed by atoms with van der Waals surface area (Å²) in [5.41, 5.74) is 2.78. The number of carbonyl (C=O) groups is 4. The van der Waals surface area contributed by atoms with Crippen molar-refractivity contribution in [2.45, 2.75) is 46.4 Å². The second-order valence-electron chi connectivity index (χ2n) is 14.0. The van der Waals surface area contributed by atoms with Crippen molar-refractivity contribution in [2.75, 3.05) is 25.6 Å². The van der Waals surface area contributed by atoms with Gasteiger partial charge in [0, 0.05) is 57.0 Å². The first-order chi connectivity index (χ1) is 24.1. The van der Waals surface area contributed by atoms with Crippen LogP contribution in [-0.4, -0.2) is 115 Å². The summed E-state index contributed by atoms with van der Waals surface area (Å²) in [6.07, 6.45) is -0.378. The molecule has 10 rings (SSSR count). The minimum Gasteiger partial charge on any atom is -0.389 e. The minimum absolute atomic E-state index is 0.120. The van der Waals surface area contributed by atoms with Crippen molar-refractivity contribution in [3.8, 4) is 0 Å². The van der Waals surface area contributed by atoms with E-state index < -0.39 is 106 Å². The average Bonchev–Trinajstić information content (AvgIpc) is 3.97. The summed E-state index contributed by atoms with van der Waals surface area (Å²) in [4.78, 5) is 70.3. The van der Waals surface area contributed by atoms with Crippen LogP contribution in [-0.2, 0) is 59.9 Å². The maximum absolute atomic E-state index is 13.8. The van der Waals surface area contributed by atoms with E-state index in [0.717, 1.165) is 20.9 Å². The van der Waals surface area contributed by atoms with Crippen molar-refractivity contribution < 1.29 is 46.7 Å². The van der Waals surface area contributed by atoms with Gasteiger partial charge in [-0.3, -0.25) is 37.4 Å². The molecule has 8 heterocycles. The highest BCUT2D eigenvalue weighted by Crippen LogP contribution is 2.56. The van der Waals surface area contributed by atoms with Crippen LogP contribution < -0.4 is 0 Å². The fourth-order valence-corrected chi connectivity index (χ4v) is 10.6. The molecule has 0 aliphatic carbocycles. The number of hydrogen-bond acceptors (Lipinski definition) is 12. The second-order valence-corrected chi connectivity index (χ2v) is 16.8. The Morgan fingerprint density at radius 3 is 1.20 bits per heavy atom. The molecule has 0 saturated carbocycles. The van der Waals surface area contributed by atoms with Gasteiger partial charge >= 0.3 is 0 Å². The van der Waals surface area contributed by atoms with Crippen LogP contribution in [0.2, 0.25) is 0 Å². The van der Waals surface area contributed by atoms with Crippen LogP contribution in [0.3, 0.4) is 0 Å². The van der Waals surface area contributed by atoms with Gasteiger partial charge in [-0.1, -0.05) is 34.6 Å². The van der Waals surface area contributed by atoms with E-state index in [1.165, 1.54) is 0 Å². The highest BCUT2D eigenvalue weighted by molar-refractivity contribution is 7.84. The predicted molar refractivity (Wildman–Crippen MR) is 172 cm³/mol. The minimum atomic E-state index is -1.14. The van der Waals surface area contributed by atoms with Crippen LogP contribution >= 0.6 is 0 Å². The van der Waals surface area contributed by atoms with Crippen LogP contribution in [0.15, 0.2) is 68.6 Å². The molecule has 14 atom stereocenters. The van der Waals surface area contributed by atoms with Crippen LogP contribution in [0.5, 0.6) is 0 Å². The lowest BCUT2D eigenvalue weighted by Gasteiger charge is -2.26. The van der Waals surface area contributed by atoms with Gasteiger partial charge in [0.2, 0.25) is 23.6 Å². The molecular formula is C34H30N4O10S2. The van der Waals surface area contributed by atoms with Gasteiger partial charge in [0.1, 0.15) is 12.2 Å². The van der Waals surface area contributed by atoms with Gasteiger partial charge in [0.05, 0.1) is 59.1 Å². The number of carbonyl (C=O) groups excluding carboxylic acids is 4. The highest BCUT2D eigenvalue weighted by atomic mass is 32.2. The number of oxime groups is 2. The molecule has 14 unspecified atom stereocenters. The summed E-state index contributed by atoms with van der Waals surface area (Å²) in [5, 5.41) is 8.62. The summed E-state index contributed by atoms with van der Waals surface area (Å²) in [6.45, 7) is -0.240. The summed E-state index contributed by atoms with van der Waals surface area (Å²) >= 11 is 0. The molecule has 6 fully saturated rings. The van der Waals surface area contributed by atoms with Crippen molar-refractivity contribution in [3.05, 3.63) is 59.7 Å². The number of hydrogen-bond donors (Lipinski definition) is 0. The van der Waals surface area contributed by atoms with E-state index >= 15 is 0 Å². The number of amides is 4. The van der Waals surface area contributed by atoms with E-state index in [1.807, 2.05) is 24.3 Å². The molecule has 8 aliphatic rings. The molecule has 2 aromatic carbocycles. The van der Waals surface area contributed by atoms with Crippen LogP contribution in [0, 0.1) is 35.5 Å². The number of benzene rings is 2. The van der Waals surface area contributed by atoms with Gasteiger partial charge in [-0.2, -0.15) is 0 Å². The summed E-state index contributed by atoms with van der Waals surface area (Å²) in [6, 6.07) is 14.3. The molecule has 0 radical (unpaired) electrons. The van der Waals surface area contributed by atoms with Gasteiger partial charge in [-0.15, -0.1) is 0 Å². The van der Waals surface area contributed by atoms with Crippen LogP contribution in [0.1, 0.15) is 11.1 Å². The Balaban J connectivity index is 0.837. The summed E-state index contributed by atoms with van der Waals surface area (Å²) in [7, 11) is -2.27. The number of imide groups is 2. The smallest absolute Gasteiger partial charge is 0.236 e. The Bertz CT molecular complexity index is 1880. The van der Waals surface area contributed by atoms with Crippen LogP contribution in [0.4, 0.5) is 0 Å². The van der Waals surface area contributed by atoms with Gasteiger partial charge in [0.15, 0.2) is 12.2 Å². The van der Waals surface area contributed by atoms with Crippen molar-refractivity contribution in [3.63, 3.8) is 0 Å². The Morgan fingerprint density at radius 1 is 0.520 bits per heavy atom. The third-order valence-electron chi connectivity index (χ3n) is 11.8. The van der Waals surface area contributed by atoms with Crippen molar-refractivity contribution in [2.24, 2.45) is 45.8 Å². The van der Waals surface area contributed by atoms with E-state index in [2.05, 4.69) is 10.3 Å². The van der Waals surface area contributed by atoms with Gasteiger partial charge < -0.3 is 19.1 Å². The lowest BCUT2D eigenvalue weighted by Crippen LogP contribution is -2.45. The number of fused-ring (bicyclic) bond motifs is 16. The zero-order chi connectivity index (χ0) is 34.3. The zero-order valence-electron chi connectivity index (χ0n) is 26.6. The largest absolute Gasteiger partial charge is 0.389 e. The Hall–Kier alpha value is -4.12. The number of likely N-dealkylation sites (tertiary alicyclic amines) is 2. The first-order valence-corrected chi connectivity index (χ1v) is 19.6. The van der Waals surface area contributed by atoms with E-state index in [-0.39, 0.29) is 24.9 Å². The standard InChI is InChI=1S/C34H30N4O10S2/c1-49(43)15-7-3-13(4-8-15)23-21-25-17-19(27(45-25)29(21)47-35-23)33(41)37(31(17)39)11-12-38-32(40)18-20(34(38)42)28-30-22(26(18)46-28)24(36-48-30)14-5-9-16(10-6-14)50(2)44/h3-10,17-22,25-30H,11-12H2,1-2H3. The molecule has 8 aliphatic heterocycles. The van der Waals surface area contributed by atoms with Gasteiger partial charge in [-0.05, 0) is 35.4 Å². The molecule has 0 spiro atoms. The topological polar surface area (TPSA) is 171 Å². The fourth-order valence-electron chi connectivity index (χ4n) is 9.59. The molecule has 2 aromatic rings. The van der Waals surface area contributed by atoms with Gasteiger partial charge in [0.25, 0.3) is 0 Å². The summed E-state index contributed by atoms with van der Waals surface area (Å²) < 4.78 is 36.1. The monoisotopic (exact) mass is 718 g/mol. The molecule has 4 amide bonds. The first-order valence-electron chi connectivity index (χ1n) is 16.5.